The molecule has 0 saturated carbocycles. The molecule has 0 unspecified atom stereocenters. The summed E-state index contributed by atoms with van der Waals surface area (Å²) in [6.07, 6.45) is -0.808. The molecule has 1 aliphatic rings. The molecule has 1 fully saturated rings. The molecule has 0 bridgehead atoms. The first-order valence-electron chi connectivity index (χ1n) is 7.55. The van der Waals surface area contributed by atoms with Gasteiger partial charge in [0.2, 0.25) is 0 Å². The Morgan fingerprint density at radius 3 is 2.50 bits per heavy atom. The van der Waals surface area contributed by atoms with Crippen LogP contribution in [0.1, 0.15) is 33.3 Å². The van der Waals surface area contributed by atoms with Gasteiger partial charge in [0.25, 0.3) is 0 Å². The topological polar surface area (TPSA) is 71.1 Å². The van der Waals surface area contributed by atoms with Gasteiger partial charge in [0.15, 0.2) is 0 Å². The fourth-order valence-electron chi connectivity index (χ4n) is 2.28. The molecule has 5 heteroatoms. The van der Waals surface area contributed by atoms with Crippen molar-refractivity contribution in [3.8, 4) is 0 Å². The van der Waals surface area contributed by atoms with E-state index in [2.05, 4.69) is 5.32 Å². The zero-order valence-corrected chi connectivity index (χ0v) is 13.6. The van der Waals surface area contributed by atoms with Crippen LogP contribution in [0.15, 0.2) is 30.3 Å². The normalized spacial score (nSPS) is 23.5. The van der Waals surface area contributed by atoms with Crippen LogP contribution < -0.4 is 5.32 Å². The van der Waals surface area contributed by atoms with Gasteiger partial charge in [0.05, 0.1) is 12.6 Å². The average Bonchev–Trinajstić information content (AvgIpc) is 3.15. The molecule has 1 heterocycles. The highest BCUT2D eigenvalue weighted by Gasteiger charge is 2.50. The first kappa shape index (κ1) is 16.8. The van der Waals surface area contributed by atoms with Crippen LogP contribution in [-0.2, 0) is 15.9 Å². The fraction of sp³-hybridized carbons (Fsp3) is 0.588. The van der Waals surface area contributed by atoms with Crippen LogP contribution in [0.2, 0.25) is 0 Å². The minimum atomic E-state index is -0.791. The van der Waals surface area contributed by atoms with Crippen LogP contribution >= 0.6 is 0 Å². The number of alkyl carbamates (subject to hydrolysis) is 1. The Bertz CT molecular complexity index is 505. The Kier molecular flexibility index (Phi) is 4.78. The van der Waals surface area contributed by atoms with Crippen LogP contribution in [-0.4, -0.2) is 41.2 Å². The summed E-state index contributed by atoms with van der Waals surface area (Å²) >= 11 is 0. The number of aliphatic hydroxyl groups is 1. The number of rotatable bonds is 5. The molecule has 2 rings (SSSR count). The molecule has 1 aromatic carbocycles. The van der Waals surface area contributed by atoms with E-state index in [0.717, 1.165) is 5.56 Å². The number of hydrogen-bond donors (Lipinski definition) is 2. The third-order valence-electron chi connectivity index (χ3n) is 3.61. The lowest BCUT2D eigenvalue weighted by atomic mass is 9.93. The number of carbonyl (C=O) groups is 1. The third kappa shape index (κ3) is 4.71. The first-order chi connectivity index (χ1) is 10.2. The molecule has 1 aliphatic heterocycles. The van der Waals surface area contributed by atoms with Gasteiger partial charge in [-0.05, 0) is 39.7 Å². The lowest BCUT2D eigenvalue weighted by molar-refractivity contribution is 0.0268. The standard InChI is InChI=1S/C17H25NO4/c1-16(2,3)22-15(20)18-13(14(19)17(4)11-21-17)10-12-8-6-5-7-9-12/h5-9,13-14,19H,10-11H2,1-4H3,(H,18,20)/t13-,14-,17+/m0/s1. The van der Waals surface area contributed by atoms with Gasteiger partial charge in [0, 0.05) is 0 Å². The monoisotopic (exact) mass is 307 g/mol. The minimum Gasteiger partial charge on any atom is -0.444 e. The van der Waals surface area contributed by atoms with E-state index >= 15 is 0 Å². The van der Waals surface area contributed by atoms with E-state index in [1.54, 1.807) is 20.8 Å². The second-order valence-electron chi connectivity index (χ2n) is 6.99. The molecular formula is C17H25NO4. The molecule has 22 heavy (non-hydrogen) atoms. The van der Waals surface area contributed by atoms with E-state index in [1.165, 1.54) is 0 Å². The van der Waals surface area contributed by atoms with E-state index < -0.39 is 29.4 Å². The number of epoxide rings is 1. The van der Waals surface area contributed by atoms with Gasteiger partial charge < -0.3 is 19.9 Å². The summed E-state index contributed by atoms with van der Waals surface area (Å²) < 4.78 is 10.6. The molecule has 122 valence electrons. The number of nitrogens with one attached hydrogen (secondary N) is 1. The predicted octanol–water partition coefficient (Wildman–Crippen LogP) is 2.27. The van der Waals surface area contributed by atoms with E-state index in [-0.39, 0.29) is 0 Å². The van der Waals surface area contributed by atoms with Gasteiger partial charge in [-0.3, -0.25) is 0 Å². The van der Waals surface area contributed by atoms with Crippen LogP contribution in [0.5, 0.6) is 0 Å². The Balaban J connectivity index is 2.06. The summed E-state index contributed by atoms with van der Waals surface area (Å²) in [4.78, 5) is 12.0. The molecule has 5 nitrogen and oxygen atoms in total. The van der Waals surface area contributed by atoms with Crippen molar-refractivity contribution in [3.05, 3.63) is 35.9 Å². The zero-order chi connectivity index (χ0) is 16.4. The SMILES string of the molecule is CC(C)(C)OC(=O)N[C@@H](Cc1ccccc1)[C@H](O)[C@@]1(C)CO1. The first-order valence-corrected chi connectivity index (χ1v) is 7.55. The summed E-state index contributed by atoms with van der Waals surface area (Å²) in [5, 5.41) is 13.3. The zero-order valence-electron chi connectivity index (χ0n) is 13.6. The molecule has 2 N–H and O–H groups in total. The predicted molar refractivity (Wildman–Crippen MR) is 83.7 cm³/mol. The third-order valence-corrected chi connectivity index (χ3v) is 3.61. The number of ether oxygens (including phenoxy) is 2. The summed E-state index contributed by atoms with van der Waals surface area (Å²) in [6.45, 7) is 7.75. The molecule has 3 atom stereocenters. The number of aliphatic hydroxyl groups excluding tert-OH is 1. The molecule has 0 radical (unpaired) electrons. The second kappa shape index (κ2) is 6.26. The van der Waals surface area contributed by atoms with Crippen molar-refractivity contribution in [2.45, 2.75) is 57.5 Å². The highest BCUT2D eigenvalue weighted by molar-refractivity contribution is 5.68. The van der Waals surface area contributed by atoms with Gasteiger partial charge in [-0.2, -0.15) is 0 Å². The molecule has 1 saturated heterocycles. The molecule has 1 aromatic rings. The number of benzene rings is 1. The van der Waals surface area contributed by atoms with Crippen molar-refractivity contribution in [2.24, 2.45) is 0 Å². The van der Waals surface area contributed by atoms with Crippen LogP contribution in [0, 0.1) is 0 Å². The van der Waals surface area contributed by atoms with Crippen molar-refractivity contribution < 1.29 is 19.4 Å². The minimum absolute atomic E-state index is 0.468. The van der Waals surface area contributed by atoms with Crippen molar-refractivity contribution in [3.63, 3.8) is 0 Å². The maximum absolute atomic E-state index is 12.0. The van der Waals surface area contributed by atoms with Crippen molar-refractivity contribution >= 4 is 6.09 Å². The van der Waals surface area contributed by atoms with E-state index in [4.69, 9.17) is 9.47 Å². The number of hydrogen-bond acceptors (Lipinski definition) is 4. The summed E-state index contributed by atoms with van der Waals surface area (Å²) in [6, 6.07) is 9.26. The van der Waals surface area contributed by atoms with Crippen LogP contribution in [0.3, 0.4) is 0 Å². The Morgan fingerprint density at radius 2 is 2.00 bits per heavy atom. The highest BCUT2D eigenvalue weighted by Crippen LogP contribution is 2.32. The average molecular weight is 307 g/mol. The Hall–Kier alpha value is -1.59. The van der Waals surface area contributed by atoms with E-state index in [0.29, 0.717) is 13.0 Å². The molecule has 0 spiro atoms. The molecule has 0 aliphatic carbocycles. The Labute approximate surface area is 131 Å². The second-order valence-corrected chi connectivity index (χ2v) is 6.99. The maximum Gasteiger partial charge on any atom is 0.407 e. The van der Waals surface area contributed by atoms with Crippen LogP contribution in [0.4, 0.5) is 4.79 Å². The largest absolute Gasteiger partial charge is 0.444 e. The van der Waals surface area contributed by atoms with Crippen LogP contribution in [0.25, 0.3) is 0 Å². The summed E-state index contributed by atoms with van der Waals surface area (Å²) in [5.74, 6) is 0. The van der Waals surface area contributed by atoms with E-state index in [1.807, 2.05) is 37.3 Å². The van der Waals surface area contributed by atoms with Crippen molar-refractivity contribution in [1.82, 2.24) is 5.32 Å². The van der Waals surface area contributed by atoms with Crippen molar-refractivity contribution in [1.29, 1.82) is 0 Å². The Morgan fingerprint density at radius 1 is 1.41 bits per heavy atom. The maximum atomic E-state index is 12.0. The summed E-state index contributed by atoms with van der Waals surface area (Å²) in [7, 11) is 0. The van der Waals surface area contributed by atoms with Gasteiger partial charge in [-0.25, -0.2) is 4.79 Å². The quantitative estimate of drug-likeness (QED) is 0.819. The molecule has 0 aromatic heterocycles. The number of carbonyl (C=O) groups excluding carboxylic acids is 1. The van der Waals surface area contributed by atoms with Gasteiger partial charge in [-0.1, -0.05) is 30.3 Å². The van der Waals surface area contributed by atoms with Crippen molar-refractivity contribution in [2.75, 3.05) is 6.61 Å². The lowest BCUT2D eigenvalue weighted by Gasteiger charge is -2.28. The number of amides is 1. The van der Waals surface area contributed by atoms with Gasteiger partial charge in [0.1, 0.15) is 17.3 Å². The van der Waals surface area contributed by atoms with E-state index in [9.17, 15) is 9.90 Å². The summed E-state index contributed by atoms with van der Waals surface area (Å²) in [5.41, 5.74) is -0.132. The lowest BCUT2D eigenvalue weighted by Crippen LogP contribution is -2.51. The van der Waals surface area contributed by atoms with Gasteiger partial charge in [-0.15, -0.1) is 0 Å². The fourth-order valence-corrected chi connectivity index (χ4v) is 2.28. The smallest absolute Gasteiger partial charge is 0.407 e. The highest BCUT2D eigenvalue weighted by atomic mass is 16.6. The van der Waals surface area contributed by atoms with Gasteiger partial charge >= 0.3 is 6.09 Å². The molecular weight excluding hydrogens is 282 g/mol. The molecule has 1 amide bonds.